The summed E-state index contributed by atoms with van der Waals surface area (Å²) in [5, 5.41) is 3.40. The van der Waals surface area contributed by atoms with Crippen molar-refractivity contribution in [2.45, 2.75) is 38.5 Å². The number of hydrogen-bond acceptors (Lipinski definition) is 3. The van der Waals surface area contributed by atoms with Gasteiger partial charge in [-0.1, -0.05) is 61.8 Å². The Morgan fingerprint density at radius 2 is 1.50 bits per heavy atom. The lowest BCUT2D eigenvalue weighted by atomic mass is 10.0. The van der Waals surface area contributed by atoms with Gasteiger partial charge in [0.25, 0.3) is 10.0 Å². The summed E-state index contributed by atoms with van der Waals surface area (Å²) in [7, 11) is -4.00. The quantitative estimate of drug-likeness (QED) is 0.465. The molecular weight excluding hydrogens is 444 g/mol. The molecule has 0 bridgehead atoms. The highest BCUT2D eigenvalue weighted by atomic mass is 35.5. The predicted octanol–water partition coefficient (Wildman–Crippen LogP) is 5.61. The Kier molecular flexibility index (Phi) is 7.59. The van der Waals surface area contributed by atoms with E-state index in [0.717, 1.165) is 39.5 Å². The molecule has 0 spiro atoms. The second kappa shape index (κ2) is 10.2. The molecule has 0 saturated heterocycles. The molecule has 0 radical (unpaired) electrons. The second-order valence-electron chi connectivity index (χ2n) is 7.46. The van der Waals surface area contributed by atoms with E-state index in [2.05, 4.69) is 5.32 Å². The minimum absolute atomic E-state index is 0.0705. The molecule has 0 heterocycles. The molecule has 0 aromatic heterocycles. The molecule has 7 heteroatoms. The monoisotopic (exact) mass is 470 g/mol. The van der Waals surface area contributed by atoms with Crippen LogP contribution in [-0.2, 0) is 27.7 Å². The number of carbonyl (C=O) groups excluding carboxylic acids is 1. The zero-order chi connectivity index (χ0) is 23.3. The minimum Gasteiger partial charge on any atom is -0.324 e. The number of nitrogens with zero attached hydrogens (tertiary/aromatic N) is 1. The van der Waals surface area contributed by atoms with E-state index in [1.54, 1.807) is 12.1 Å². The van der Waals surface area contributed by atoms with Crippen molar-refractivity contribution >= 4 is 38.9 Å². The average Bonchev–Trinajstić information content (AvgIpc) is 2.78. The maximum absolute atomic E-state index is 13.5. The lowest BCUT2D eigenvalue weighted by Gasteiger charge is -2.26. The van der Waals surface area contributed by atoms with E-state index < -0.39 is 15.9 Å². The van der Waals surface area contributed by atoms with Crippen molar-refractivity contribution in [3.05, 3.63) is 88.4 Å². The van der Waals surface area contributed by atoms with E-state index in [4.69, 9.17) is 11.6 Å². The molecule has 1 amide bonds. The molecule has 3 aromatic carbocycles. The molecular formula is C25H27ClN2O3S. The van der Waals surface area contributed by atoms with Crippen molar-refractivity contribution in [3.63, 3.8) is 0 Å². The van der Waals surface area contributed by atoms with Gasteiger partial charge in [0.2, 0.25) is 5.91 Å². The summed E-state index contributed by atoms with van der Waals surface area (Å²) in [5.74, 6) is -0.401. The fraction of sp³-hybridized carbons (Fsp3) is 0.240. The molecule has 0 unspecified atom stereocenters. The van der Waals surface area contributed by atoms with Gasteiger partial charge in [0.1, 0.15) is 6.54 Å². The summed E-state index contributed by atoms with van der Waals surface area (Å²) in [4.78, 5) is 13.2. The number of rotatable bonds is 8. The van der Waals surface area contributed by atoms with E-state index in [9.17, 15) is 13.2 Å². The fourth-order valence-electron chi connectivity index (χ4n) is 3.59. The van der Waals surface area contributed by atoms with Gasteiger partial charge in [-0.25, -0.2) is 8.42 Å². The van der Waals surface area contributed by atoms with Gasteiger partial charge in [-0.15, -0.1) is 0 Å². The van der Waals surface area contributed by atoms with Gasteiger partial charge in [-0.3, -0.25) is 9.10 Å². The molecule has 0 atom stereocenters. The third-order valence-electron chi connectivity index (χ3n) is 5.34. The summed E-state index contributed by atoms with van der Waals surface area (Å²) in [6.45, 7) is 5.51. The van der Waals surface area contributed by atoms with E-state index in [0.29, 0.717) is 10.7 Å². The van der Waals surface area contributed by atoms with Gasteiger partial charge in [-0.2, -0.15) is 0 Å². The number of aryl methyl sites for hydroxylation is 3. The van der Waals surface area contributed by atoms with Crippen LogP contribution in [0.3, 0.4) is 0 Å². The Morgan fingerprint density at radius 1 is 0.906 bits per heavy atom. The van der Waals surface area contributed by atoms with Gasteiger partial charge in [0.05, 0.1) is 10.6 Å². The normalized spacial score (nSPS) is 11.2. The van der Waals surface area contributed by atoms with Gasteiger partial charge in [0, 0.05) is 10.7 Å². The Labute approximate surface area is 195 Å². The zero-order valence-corrected chi connectivity index (χ0v) is 20.0. The number of hydrogen-bond donors (Lipinski definition) is 1. The number of carbonyl (C=O) groups is 1. The largest absolute Gasteiger partial charge is 0.324 e. The maximum atomic E-state index is 13.5. The van der Waals surface area contributed by atoms with Crippen LogP contribution in [0.2, 0.25) is 5.02 Å². The molecule has 168 valence electrons. The number of para-hydroxylation sites is 2. The SMILES string of the molecule is CCc1cccc(CC)c1NC(=O)CN(c1ccccc1C)S(=O)(=O)c1ccc(Cl)cc1. The number of sulfonamides is 1. The van der Waals surface area contributed by atoms with Gasteiger partial charge in [0.15, 0.2) is 0 Å². The first-order chi connectivity index (χ1) is 15.3. The summed E-state index contributed by atoms with van der Waals surface area (Å²) < 4.78 is 28.2. The maximum Gasteiger partial charge on any atom is 0.264 e. The van der Waals surface area contributed by atoms with Gasteiger partial charge >= 0.3 is 0 Å². The highest BCUT2D eigenvalue weighted by Crippen LogP contribution is 2.28. The van der Waals surface area contributed by atoms with Crippen LogP contribution >= 0.6 is 11.6 Å². The third kappa shape index (κ3) is 5.14. The molecule has 5 nitrogen and oxygen atoms in total. The molecule has 0 saturated carbocycles. The highest BCUT2D eigenvalue weighted by molar-refractivity contribution is 7.92. The van der Waals surface area contributed by atoms with Crippen LogP contribution in [0.15, 0.2) is 71.6 Å². The first-order valence-electron chi connectivity index (χ1n) is 10.5. The fourth-order valence-corrected chi connectivity index (χ4v) is 5.20. The van der Waals surface area contributed by atoms with Crippen molar-refractivity contribution in [2.24, 2.45) is 0 Å². The highest BCUT2D eigenvalue weighted by Gasteiger charge is 2.28. The Morgan fingerprint density at radius 3 is 2.06 bits per heavy atom. The van der Waals surface area contributed by atoms with Crippen molar-refractivity contribution in [1.29, 1.82) is 0 Å². The van der Waals surface area contributed by atoms with Crippen molar-refractivity contribution < 1.29 is 13.2 Å². The van der Waals surface area contributed by atoms with E-state index in [-0.39, 0.29) is 11.4 Å². The van der Waals surface area contributed by atoms with Crippen LogP contribution < -0.4 is 9.62 Å². The van der Waals surface area contributed by atoms with Crippen LogP contribution in [0.5, 0.6) is 0 Å². The van der Waals surface area contributed by atoms with Gasteiger partial charge < -0.3 is 5.32 Å². The van der Waals surface area contributed by atoms with Crippen LogP contribution in [0.4, 0.5) is 11.4 Å². The first kappa shape index (κ1) is 23.8. The molecule has 32 heavy (non-hydrogen) atoms. The summed E-state index contributed by atoms with van der Waals surface area (Å²) >= 11 is 5.94. The topological polar surface area (TPSA) is 66.5 Å². The Bertz CT molecular complexity index is 1190. The standard InChI is InChI=1S/C25H27ClN2O3S/c1-4-19-10-8-11-20(5-2)25(19)27-24(29)17-28(23-12-7-6-9-18(23)3)32(30,31)22-15-13-21(26)14-16-22/h6-16H,4-5,17H2,1-3H3,(H,27,29). The predicted molar refractivity (Wildman–Crippen MR) is 131 cm³/mol. The lowest BCUT2D eigenvalue weighted by molar-refractivity contribution is -0.114. The molecule has 3 aromatic rings. The number of benzene rings is 3. The number of halogens is 1. The second-order valence-corrected chi connectivity index (χ2v) is 9.76. The van der Waals surface area contributed by atoms with E-state index >= 15 is 0 Å². The number of anilines is 2. The Balaban J connectivity index is 2.00. The van der Waals surface area contributed by atoms with Crippen LogP contribution in [0.25, 0.3) is 0 Å². The smallest absolute Gasteiger partial charge is 0.264 e. The summed E-state index contributed by atoms with van der Waals surface area (Å²) in [6, 6.07) is 19.0. The summed E-state index contributed by atoms with van der Waals surface area (Å²) in [5.41, 5.74) is 4.00. The van der Waals surface area contributed by atoms with Crippen molar-refractivity contribution in [2.75, 3.05) is 16.2 Å². The van der Waals surface area contributed by atoms with Crippen LogP contribution in [0.1, 0.15) is 30.5 Å². The summed E-state index contributed by atoms with van der Waals surface area (Å²) in [6.07, 6.45) is 1.52. The molecule has 1 N–H and O–H groups in total. The molecule has 0 aliphatic carbocycles. The Hall–Kier alpha value is -2.83. The van der Waals surface area contributed by atoms with E-state index in [1.165, 1.54) is 24.3 Å². The van der Waals surface area contributed by atoms with Gasteiger partial charge in [-0.05, 0) is 66.8 Å². The molecule has 0 fully saturated rings. The molecule has 3 rings (SSSR count). The third-order valence-corrected chi connectivity index (χ3v) is 7.36. The lowest BCUT2D eigenvalue weighted by Crippen LogP contribution is -2.38. The molecule has 0 aliphatic heterocycles. The molecule has 0 aliphatic rings. The number of amides is 1. The number of nitrogens with one attached hydrogen (secondary N) is 1. The van der Waals surface area contributed by atoms with Crippen LogP contribution in [0, 0.1) is 6.92 Å². The zero-order valence-electron chi connectivity index (χ0n) is 18.4. The van der Waals surface area contributed by atoms with E-state index in [1.807, 2.05) is 51.1 Å². The van der Waals surface area contributed by atoms with Crippen molar-refractivity contribution in [1.82, 2.24) is 0 Å². The van der Waals surface area contributed by atoms with Crippen molar-refractivity contribution in [3.8, 4) is 0 Å². The first-order valence-corrected chi connectivity index (χ1v) is 12.3. The minimum atomic E-state index is -4.00. The van der Waals surface area contributed by atoms with Crippen LogP contribution in [-0.4, -0.2) is 20.9 Å². The average molecular weight is 471 g/mol.